The van der Waals surface area contributed by atoms with Gasteiger partial charge >= 0.3 is 6.09 Å². The van der Waals surface area contributed by atoms with Crippen LogP contribution in [0.3, 0.4) is 0 Å². The zero-order chi connectivity index (χ0) is 27.0. The number of alkyl carbamates (subject to hydrolysis) is 1. The molecule has 2 amide bonds. The summed E-state index contributed by atoms with van der Waals surface area (Å²) in [6, 6.07) is 14.8. The molecule has 4 aromatic rings. The molecule has 2 atom stereocenters. The number of cyclic esters (lactones) is 1. The van der Waals surface area contributed by atoms with E-state index in [4.69, 9.17) is 9.15 Å². The van der Waals surface area contributed by atoms with Crippen LogP contribution in [0.5, 0.6) is 0 Å². The number of hydrogen-bond donors (Lipinski definition) is 2. The molecule has 0 aliphatic carbocycles. The van der Waals surface area contributed by atoms with Crippen molar-refractivity contribution in [3.05, 3.63) is 88.5 Å². The van der Waals surface area contributed by atoms with Gasteiger partial charge in [0.15, 0.2) is 17.2 Å². The summed E-state index contributed by atoms with van der Waals surface area (Å²) in [4.78, 5) is 29.1. The highest BCUT2D eigenvalue weighted by molar-refractivity contribution is 5.94. The Labute approximate surface area is 216 Å². The van der Waals surface area contributed by atoms with Gasteiger partial charge in [0, 0.05) is 16.7 Å². The van der Waals surface area contributed by atoms with Gasteiger partial charge in [-0.3, -0.25) is 4.79 Å². The van der Waals surface area contributed by atoms with Crippen molar-refractivity contribution in [1.82, 2.24) is 15.6 Å². The molecule has 38 heavy (non-hydrogen) atoms. The molecule has 1 saturated heterocycles. The van der Waals surface area contributed by atoms with Crippen molar-refractivity contribution < 1.29 is 27.5 Å². The summed E-state index contributed by atoms with van der Waals surface area (Å²) >= 11 is 0. The molecule has 1 unspecified atom stereocenters. The molecular weight excluding hydrogens is 494 g/mol. The van der Waals surface area contributed by atoms with E-state index in [1.807, 2.05) is 13.8 Å². The van der Waals surface area contributed by atoms with E-state index >= 15 is 0 Å². The summed E-state index contributed by atoms with van der Waals surface area (Å²) in [5.74, 6) is -1.97. The fourth-order valence-corrected chi connectivity index (χ4v) is 4.36. The van der Waals surface area contributed by atoms with Gasteiger partial charge in [-0.1, -0.05) is 19.9 Å². The Bertz CT molecular complexity index is 1590. The van der Waals surface area contributed by atoms with Gasteiger partial charge in [-0.25, -0.2) is 18.6 Å². The highest BCUT2D eigenvalue weighted by Gasteiger charge is 2.35. The lowest BCUT2D eigenvalue weighted by Crippen LogP contribution is -2.35. The number of benzene rings is 3. The third kappa shape index (κ3) is 4.78. The van der Waals surface area contributed by atoms with Gasteiger partial charge in [0.05, 0.1) is 24.2 Å². The minimum Gasteiger partial charge on any atom is -0.442 e. The van der Waals surface area contributed by atoms with Gasteiger partial charge < -0.3 is 19.8 Å². The number of carbonyl (C=O) groups is 2. The van der Waals surface area contributed by atoms with E-state index in [9.17, 15) is 23.6 Å². The molecule has 0 saturated carbocycles. The van der Waals surface area contributed by atoms with Crippen LogP contribution in [0.15, 0.2) is 59.0 Å². The molecule has 1 aliphatic heterocycles. The highest BCUT2D eigenvalue weighted by atomic mass is 19.2. The number of nitriles is 1. The van der Waals surface area contributed by atoms with E-state index in [1.54, 1.807) is 36.4 Å². The number of oxazole rings is 1. The van der Waals surface area contributed by atoms with Gasteiger partial charge in [-0.15, -0.1) is 0 Å². The van der Waals surface area contributed by atoms with Crippen LogP contribution in [0.4, 0.5) is 13.6 Å². The Balaban J connectivity index is 1.30. The third-order valence-electron chi connectivity index (χ3n) is 6.33. The number of halogens is 2. The van der Waals surface area contributed by atoms with E-state index in [1.165, 1.54) is 6.07 Å². The fraction of sp³-hybridized carbons (Fsp3) is 0.214. The van der Waals surface area contributed by atoms with Crippen LogP contribution < -0.4 is 10.6 Å². The first-order valence-corrected chi connectivity index (χ1v) is 11.9. The van der Waals surface area contributed by atoms with Gasteiger partial charge in [-0.2, -0.15) is 5.26 Å². The Kier molecular flexibility index (Phi) is 6.51. The van der Waals surface area contributed by atoms with E-state index in [-0.39, 0.29) is 12.5 Å². The highest BCUT2D eigenvalue weighted by Crippen LogP contribution is 2.31. The van der Waals surface area contributed by atoms with Crippen molar-refractivity contribution in [3.8, 4) is 17.5 Å². The van der Waals surface area contributed by atoms with Crippen LogP contribution in [0.1, 0.15) is 52.9 Å². The molecule has 1 aliphatic rings. The van der Waals surface area contributed by atoms with Gasteiger partial charge in [0.1, 0.15) is 11.6 Å². The first-order valence-electron chi connectivity index (χ1n) is 11.9. The Hall–Kier alpha value is -4.78. The maximum Gasteiger partial charge on any atom is 0.408 e. The van der Waals surface area contributed by atoms with Crippen LogP contribution in [0, 0.1) is 23.0 Å². The summed E-state index contributed by atoms with van der Waals surface area (Å²) in [5, 5.41) is 14.6. The van der Waals surface area contributed by atoms with E-state index in [0.717, 1.165) is 17.7 Å². The van der Waals surface area contributed by atoms with Gasteiger partial charge in [0.25, 0.3) is 5.91 Å². The number of aromatic nitrogens is 1. The number of rotatable bonds is 6. The SMILES string of the molecule is CC(C)c1cc(C#N)cc2nc(-c3ccc(C(=O)NCC4OC(=O)N[C@@H]4c4ccc(F)c(F)c4)cc3)oc12. The zero-order valence-electron chi connectivity index (χ0n) is 20.4. The molecule has 8 nitrogen and oxygen atoms in total. The number of nitrogens with zero attached hydrogens (tertiary/aromatic N) is 2. The molecule has 2 heterocycles. The lowest BCUT2D eigenvalue weighted by atomic mass is 10.00. The summed E-state index contributed by atoms with van der Waals surface area (Å²) in [6.07, 6.45) is -1.53. The fourth-order valence-electron chi connectivity index (χ4n) is 4.36. The topological polar surface area (TPSA) is 117 Å². The lowest BCUT2D eigenvalue weighted by molar-refractivity contribution is 0.0902. The normalized spacial score (nSPS) is 16.8. The molecule has 192 valence electrons. The van der Waals surface area contributed by atoms with Crippen molar-refractivity contribution >= 4 is 23.1 Å². The Morgan fingerprint density at radius 3 is 2.58 bits per heavy atom. The van der Waals surface area contributed by atoms with Crippen molar-refractivity contribution in [2.24, 2.45) is 0 Å². The molecule has 2 N–H and O–H groups in total. The largest absolute Gasteiger partial charge is 0.442 e. The standard InChI is InChI=1S/C28H22F2N4O4/c1-14(2)19-9-15(12-31)10-22-25(19)38-27(33-22)17-5-3-16(4-6-17)26(35)32-13-23-24(34-28(36)37-23)18-7-8-20(29)21(30)11-18/h3-11,14,23-24H,13H2,1-2H3,(H,32,35)(H,34,36)/t23?,24-/m1/s1. The molecule has 0 radical (unpaired) electrons. The Morgan fingerprint density at radius 2 is 1.89 bits per heavy atom. The van der Waals surface area contributed by atoms with E-state index in [2.05, 4.69) is 21.7 Å². The number of nitrogens with one attached hydrogen (secondary N) is 2. The molecule has 0 spiro atoms. The predicted octanol–water partition coefficient (Wildman–Crippen LogP) is 5.35. The second-order valence-electron chi connectivity index (χ2n) is 9.23. The summed E-state index contributed by atoms with van der Waals surface area (Å²) in [6.45, 7) is 3.97. The van der Waals surface area contributed by atoms with Gasteiger partial charge in [-0.05, 0) is 60.0 Å². The number of hydrogen-bond acceptors (Lipinski definition) is 6. The first-order chi connectivity index (χ1) is 18.2. The molecule has 10 heteroatoms. The average Bonchev–Trinajstić information content (AvgIpc) is 3.51. The molecular formula is C28H22F2N4O4. The first kappa shape index (κ1) is 24.9. The molecule has 1 aromatic heterocycles. The minimum absolute atomic E-state index is 0.0483. The molecule has 3 aromatic carbocycles. The molecule has 0 bridgehead atoms. The second kappa shape index (κ2) is 9.94. The van der Waals surface area contributed by atoms with Crippen LogP contribution in [0.2, 0.25) is 0 Å². The smallest absolute Gasteiger partial charge is 0.408 e. The number of ether oxygens (including phenoxy) is 1. The maximum atomic E-state index is 13.7. The lowest BCUT2D eigenvalue weighted by Gasteiger charge is -2.18. The maximum absolute atomic E-state index is 13.7. The minimum atomic E-state index is -1.04. The number of carbonyl (C=O) groups excluding carboxylic acids is 2. The second-order valence-corrected chi connectivity index (χ2v) is 9.23. The Morgan fingerprint density at radius 1 is 1.13 bits per heavy atom. The predicted molar refractivity (Wildman–Crippen MR) is 133 cm³/mol. The molecule has 5 rings (SSSR count). The third-order valence-corrected chi connectivity index (χ3v) is 6.33. The molecule has 1 fully saturated rings. The van der Waals surface area contributed by atoms with Crippen LogP contribution in [-0.2, 0) is 4.74 Å². The van der Waals surface area contributed by atoms with E-state index in [0.29, 0.717) is 39.2 Å². The van der Waals surface area contributed by atoms with Crippen LogP contribution in [-0.4, -0.2) is 29.6 Å². The average molecular weight is 517 g/mol. The van der Waals surface area contributed by atoms with Crippen molar-refractivity contribution in [2.75, 3.05) is 6.54 Å². The summed E-state index contributed by atoms with van der Waals surface area (Å²) in [7, 11) is 0. The zero-order valence-corrected chi connectivity index (χ0v) is 20.4. The van der Waals surface area contributed by atoms with Crippen molar-refractivity contribution in [1.29, 1.82) is 5.26 Å². The van der Waals surface area contributed by atoms with Gasteiger partial charge in [0.2, 0.25) is 5.89 Å². The van der Waals surface area contributed by atoms with E-state index < -0.39 is 35.8 Å². The quantitative estimate of drug-likeness (QED) is 0.357. The summed E-state index contributed by atoms with van der Waals surface area (Å²) < 4.78 is 38.2. The summed E-state index contributed by atoms with van der Waals surface area (Å²) in [5.41, 5.74) is 3.91. The van der Waals surface area contributed by atoms with Crippen LogP contribution in [0.25, 0.3) is 22.6 Å². The van der Waals surface area contributed by atoms with Crippen molar-refractivity contribution in [2.45, 2.75) is 31.9 Å². The van der Waals surface area contributed by atoms with Crippen molar-refractivity contribution in [3.63, 3.8) is 0 Å². The van der Waals surface area contributed by atoms with Crippen LogP contribution >= 0.6 is 0 Å². The number of fused-ring (bicyclic) bond motifs is 1. The number of amides is 2. The monoisotopic (exact) mass is 516 g/mol.